The van der Waals surface area contributed by atoms with Gasteiger partial charge in [0.1, 0.15) is 0 Å². The summed E-state index contributed by atoms with van der Waals surface area (Å²) in [5, 5.41) is 11.4. The fraction of sp³-hybridized carbons (Fsp3) is 0.818. The molecule has 0 bridgehead atoms. The Hall–Kier alpha value is -1.06. The summed E-state index contributed by atoms with van der Waals surface area (Å²) in [7, 11) is 0. The van der Waals surface area contributed by atoms with Gasteiger partial charge in [-0.2, -0.15) is 0 Å². The van der Waals surface area contributed by atoms with Crippen LogP contribution in [0.4, 0.5) is 0 Å². The van der Waals surface area contributed by atoms with Gasteiger partial charge in [-0.3, -0.25) is 9.59 Å². The van der Waals surface area contributed by atoms with Crippen LogP contribution in [-0.4, -0.2) is 23.5 Å². The van der Waals surface area contributed by atoms with E-state index in [0.29, 0.717) is 19.4 Å². The van der Waals surface area contributed by atoms with Crippen LogP contribution in [0.1, 0.15) is 46.0 Å². The maximum absolute atomic E-state index is 11.0. The van der Waals surface area contributed by atoms with Crippen LogP contribution in [0.2, 0.25) is 0 Å². The smallest absolute Gasteiger partial charge is 0.306 e. The van der Waals surface area contributed by atoms with Gasteiger partial charge in [-0.05, 0) is 19.3 Å². The van der Waals surface area contributed by atoms with Gasteiger partial charge >= 0.3 is 5.97 Å². The van der Waals surface area contributed by atoms with Crippen LogP contribution >= 0.6 is 0 Å². The maximum Gasteiger partial charge on any atom is 0.306 e. The van der Waals surface area contributed by atoms with Gasteiger partial charge in [0.25, 0.3) is 0 Å². The van der Waals surface area contributed by atoms with Crippen molar-refractivity contribution in [2.24, 2.45) is 5.92 Å². The van der Waals surface area contributed by atoms with Crippen molar-refractivity contribution in [2.45, 2.75) is 46.0 Å². The summed E-state index contributed by atoms with van der Waals surface area (Å²) >= 11 is 0. The Labute approximate surface area is 91.1 Å². The summed E-state index contributed by atoms with van der Waals surface area (Å²) < 4.78 is 0. The monoisotopic (exact) mass is 215 g/mol. The topological polar surface area (TPSA) is 66.4 Å². The minimum absolute atomic E-state index is 0.0868. The highest BCUT2D eigenvalue weighted by Gasteiger charge is 2.09. The fourth-order valence-corrected chi connectivity index (χ4v) is 1.24. The summed E-state index contributed by atoms with van der Waals surface area (Å²) in [4.78, 5) is 21.5. The SMILES string of the molecule is CCCC(=O)NCCCCC(C)C(=O)O. The van der Waals surface area contributed by atoms with Crippen molar-refractivity contribution in [1.82, 2.24) is 5.32 Å². The second-order valence-electron chi connectivity index (χ2n) is 3.84. The van der Waals surface area contributed by atoms with Crippen LogP contribution in [0, 0.1) is 5.92 Å². The molecule has 0 radical (unpaired) electrons. The number of carbonyl (C=O) groups excluding carboxylic acids is 1. The Balaban J connectivity index is 3.32. The largest absolute Gasteiger partial charge is 0.481 e. The molecule has 15 heavy (non-hydrogen) atoms. The fourth-order valence-electron chi connectivity index (χ4n) is 1.24. The first kappa shape index (κ1) is 13.9. The molecule has 1 atom stereocenters. The lowest BCUT2D eigenvalue weighted by Crippen LogP contribution is -2.23. The first-order valence-electron chi connectivity index (χ1n) is 5.57. The van der Waals surface area contributed by atoms with Crippen molar-refractivity contribution in [2.75, 3.05) is 6.54 Å². The first-order valence-corrected chi connectivity index (χ1v) is 5.57. The van der Waals surface area contributed by atoms with E-state index in [-0.39, 0.29) is 11.8 Å². The van der Waals surface area contributed by atoms with Crippen molar-refractivity contribution >= 4 is 11.9 Å². The van der Waals surface area contributed by atoms with E-state index in [0.717, 1.165) is 19.3 Å². The number of carboxylic acids is 1. The zero-order valence-corrected chi connectivity index (χ0v) is 9.58. The molecule has 0 aliphatic heterocycles. The van der Waals surface area contributed by atoms with E-state index in [1.54, 1.807) is 6.92 Å². The molecule has 0 aliphatic rings. The molecule has 1 amide bonds. The highest BCUT2D eigenvalue weighted by atomic mass is 16.4. The normalized spacial score (nSPS) is 12.1. The quantitative estimate of drug-likeness (QED) is 0.607. The highest BCUT2D eigenvalue weighted by molar-refractivity contribution is 5.75. The molecule has 0 saturated carbocycles. The molecule has 4 heteroatoms. The lowest BCUT2D eigenvalue weighted by Gasteiger charge is -2.06. The van der Waals surface area contributed by atoms with Crippen molar-refractivity contribution < 1.29 is 14.7 Å². The van der Waals surface area contributed by atoms with Crippen LogP contribution in [0.3, 0.4) is 0 Å². The van der Waals surface area contributed by atoms with Crippen molar-refractivity contribution in [1.29, 1.82) is 0 Å². The van der Waals surface area contributed by atoms with E-state index in [1.807, 2.05) is 6.92 Å². The highest BCUT2D eigenvalue weighted by Crippen LogP contribution is 2.06. The van der Waals surface area contributed by atoms with Gasteiger partial charge in [0.15, 0.2) is 0 Å². The van der Waals surface area contributed by atoms with E-state index in [4.69, 9.17) is 5.11 Å². The number of carboxylic acid groups (broad SMARTS) is 1. The van der Waals surface area contributed by atoms with E-state index in [9.17, 15) is 9.59 Å². The molecule has 2 N–H and O–H groups in total. The minimum Gasteiger partial charge on any atom is -0.481 e. The standard InChI is InChI=1S/C11H21NO3/c1-3-6-10(13)12-8-5-4-7-9(2)11(14)15/h9H,3-8H2,1-2H3,(H,12,13)(H,14,15). The van der Waals surface area contributed by atoms with Crippen molar-refractivity contribution in [3.63, 3.8) is 0 Å². The number of nitrogens with one attached hydrogen (secondary N) is 1. The predicted molar refractivity (Wildman–Crippen MR) is 58.6 cm³/mol. The van der Waals surface area contributed by atoms with E-state index in [1.165, 1.54) is 0 Å². The summed E-state index contributed by atoms with van der Waals surface area (Å²) in [5.74, 6) is -0.940. The minimum atomic E-state index is -0.745. The molecule has 88 valence electrons. The zero-order chi connectivity index (χ0) is 11.7. The van der Waals surface area contributed by atoms with Crippen molar-refractivity contribution in [3.05, 3.63) is 0 Å². The molecule has 0 heterocycles. The van der Waals surface area contributed by atoms with Crippen LogP contribution in [0.25, 0.3) is 0 Å². The lowest BCUT2D eigenvalue weighted by atomic mass is 10.0. The molecular weight excluding hydrogens is 194 g/mol. The third-order valence-corrected chi connectivity index (χ3v) is 2.28. The average Bonchev–Trinajstić information content (AvgIpc) is 2.17. The van der Waals surface area contributed by atoms with Crippen LogP contribution in [0.15, 0.2) is 0 Å². The van der Waals surface area contributed by atoms with Gasteiger partial charge in [0, 0.05) is 13.0 Å². The molecule has 0 aromatic carbocycles. The molecule has 0 saturated heterocycles. The third-order valence-electron chi connectivity index (χ3n) is 2.28. The second kappa shape index (κ2) is 8.26. The van der Waals surface area contributed by atoms with Gasteiger partial charge in [-0.25, -0.2) is 0 Å². The van der Waals surface area contributed by atoms with Crippen LogP contribution < -0.4 is 5.32 Å². The van der Waals surface area contributed by atoms with Crippen molar-refractivity contribution in [3.8, 4) is 0 Å². The Bertz CT molecular complexity index is 204. The van der Waals surface area contributed by atoms with Gasteiger partial charge in [-0.15, -0.1) is 0 Å². The van der Waals surface area contributed by atoms with Crippen LogP contribution in [-0.2, 0) is 9.59 Å². The number of hydrogen-bond donors (Lipinski definition) is 2. The molecule has 0 rings (SSSR count). The molecule has 0 aromatic heterocycles. The number of amides is 1. The van der Waals surface area contributed by atoms with E-state index in [2.05, 4.69) is 5.32 Å². The molecule has 0 aliphatic carbocycles. The number of unbranched alkanes of at least 4 members (excludes halogenated alkanes) is 1. The lowest BCUT2D eigenvalue weighted by molar-refractivity contribution is -0.141. The zero-order valence-electron chi connectivity index (χ0n) is 9.58. The molecule has 0 spiro atoms. The molecule has 4 nitrogen and oxygen atoms in total. The average molecular weight is 215 g/mol. The summed E-state index contributed by atoms with van der Waals surface area (Å²) in [6.45, 7) is 4.33. The Morgan fingerprint density at radius 3 is 2.53 bits per heavy atom. The van der Waals surface area contributed by atoms with E-state index < -0.39 is 5.97 Å². The van der Waals surface area contributed by atoms with Crippen LogP contribution in [0.5, 0.6) is 0 Å². The molecule has 1 unspecified atom stereocenters. The van der Waals surface area contributed by atoms with Gasteiger partial charge < -0.3 is 10.4 Å². The Kier molecular flexibility index (Phi) is 7.68. The number of hydrogen-bond acceptors (Lipinski definition) is 2. The number of carbonyl (C=O) groups is 2. The summed E-state index contributed by atoms with van der Waals surface area (Å²) in [5.41, 5.74) is 0. The number of rotatable bonds is 8. The summed E-state index contributed by atoms with van der Waals surface area (Å²) in [6, 6.07) is 0. The molecule has 0 fully saturated rings. The first-order chi connectivity index (χ1) is 7.07. The maximum atomic E-state index is 11.0. The van der Waals surface area contributed by atoms with E-state index >= 15 is 0 Å². The third kappa shape index (κ3) is 7.97. The molecular formula is C11H21NO3. The van der Waals surface area contributed by atoms with Gasteiger partial charge in [0.2, 0.25) is 5.91 Å². The Morgan fingerprint density at radius 1 is 1.33 bits per heavy atom. The predicted octanol–water partition coefficient (Wildman–Crippen LogP) is 1.79. The second-order valence-corrected chi connectivity index (χ2v) is 3.84. The molecule has 0 aromatic rings. The number of aliphatic carboxylic acids is 1. The van der Waals surface area contributed by atoms with Gasteiger partial charge in [0.05, 0.1) is 5.92 Å². The summed E-state index contributed by atoms with van der Waals surface area (Å²) in [6.07, 6.45) is 3.82. The van der Waals surface area contributed by atoms with Gasteiger partial charge in [-0.1, -0.05) is 20.3 Å². The Morgan fingerprint density at radius 2 is 2.00 bits per heavy atom.